The molecule has 31 heavy (non-hydrogen) atoms. The fraction of sp³-hybridized carbons (Fsp3) is 0.450. The minimum atomic E-state index is -0.501. The maximum Gasteiger partial charge on any atom is 0.295 e. The molecule has 0 aliphatic carbocycles. The lowest BCUT2D eigenvalue weighted by molar-refractivity contribution is -0.115. The lowest BCUT2D eigenvalue weighted by atomic mass is 10.2. The van der Waals surface area contributed by atoms with Gasteiger partial charge in [0.05, 0.1) is 29.3 Å². The van der Waals surface area contributed by atoms with Gasteiger partial charge in [0.25, 0.3) is 5.56 Å². The Morgan fingerprint density at radius 2 is 2.13 bits per heavy atom. The Morgan fingerprint density at radius 1 is 1.35 bits per heavy atom. The zero-order chi connectivity index (χ0) is 22.0. The van der Waals surface area contributed by atoms with Crippen molar-refractivity contribution in [2.24, 2.45) is 7.05 Å². The van der Waals surface area contributed by atoms with E-state index < -0.39 is 5.25 Å². The molecular weight excluding hydrogens is 418 g/mol. The Hall–Kier alpha value is -2.92. The van der Waals surface area contributed by atoms with Gasteiger partial charge >= 0.3 is 0 Å². The van der Waals surface area contributed by atoms with E-state index >= 15 is 0 Å². The number of rotatable bonds is 7. The topological polar surface area (TPSA) is 109 Å². The van der Waals surface area contributed by atoms with Gasteiger partial charge in [-0.15, -0.1) is 5.10 Å². The second-order valence-electron chi connectivity index (χ2n) is 7.46. The second-order valence-corrected chi connectivity index (χ2v) is 8.77. The molecule has 1 fully saturated rings. The number of aromatic nitrogens is 6. The quantitative estimate of drug-likeness (QED) is 0.554. The average molecular weight is 444 g/mol. The van der Waals surface area contributed by atoms with E-state index in [0.717, 1.165) is 25.1 Å². The summed E-state index contributed by atoms with van der Waals surface area (Å²) in [5.41, 5.74) is 1.39. The van der Waals surface area contributed by atoms with Crippen molar-refractivity contribution >= 4 is 23.4 Å². The molecule has 1 aliphatic heterocycles. The number of nitrogens with one attached hydrogen (secondary N) is 1. The summed E-state index contributed by atoms with van der Waals surface area (Å²) in [5, 5.41) is 14.6. The molecule has 0 radical (unpaired) electrons. The van der Waals surface area contributed by atoms with E-state index in [2.05, 4.69) is 20.8 Å². The Morgan fingerprint density at radius 3 is 2.84 bits per heavy atom. The smallest absolute Gasteiger partial charge is 0.295 e. The average Bonchev–Trinajstić information content (AvgIpc) is 3.48. The minimum Gasteiger partial charge on any atom is -0.376 e. The Labute approximate surface area is 183 Å². The molecule has 1 saturated heterocycles. The molecule has 164 valence electrons. The van der Waals surface area contributed by atoms with Gasteiger partial charge in [-0.2, -0.15) is 0 Å². The van der Waals surface area contributed by atoms with E-state index in [1.54, 1.807) is 30.3 Å². The van der Waals surface area contributed by atoms with Crippen molar-refractivity contribution in [2.75, 3.05) is 11.9 Å². The summed E-state index contributed by atoms with van der Waals surface area (Å²) in [6, 6.07) is 9.31. The van der Waals surface area contributed by atoms with E-state index in [1.807, 2.05) is 30.3 Å². The SMILES string of the molecule is Cc1c(NC(=O)[C@@H](C)Sc2nnnn2C[C@H]2CCCO2)c(=O)n(-c2ccccc2)n1C. The van der Waals surface area contributed by atoms with E-state index in [4.69, 9.17) is 4.74 Å². The highest BCUT2D eigenvalue weighted by molar-refractivity contribution is 8.00. The van der Waals surface area contributed by atoms with Crippen molar-refractivity contribution in [1.29, 1.82) is 0 Å². The van der Waals surface area contributed by atoms with Crippen LogP contribution in [0.2, 0.25) is 0 Å². The molecule has 3 aromatic rings. The third kappa shape index (κ3) is 4.42. The van der Waals surface area contributed by atoms with Crippen molar-refractivity contribution < 1.29 is 9.53 Å². The van der Waals surface area contributed by atoms with Gasteiger partial charge in [0.1, 0.15) is 5.69 Å². The molecule has 2 atom stereocenters. The minimum absolute atomic E-state index is 0.0930. The van der Waals surface area contributed by atoms with Gasteiger partial charge in [-0.3, -0.25) is 14.3 Å². The number of thioether (sulfide) groups is 1. The van der Waals surface area contributed by atoms with Crippen LogP contribution in [0.15, 0.2) is 40.3 Å². The first-order valence-electron chi connectivity index (χ1n) is 10.1. The maximum atomic E-state index is 13.0. The van der Waals surface area contributed by atoms with Crippen LogP contribution in [0.25, 0.3) is 5.69 Å². The first-order chi connectivity index (χ1) is 15.0. The van der Waals surface area contributed by atoms with E-state index in [0.29, 0.717) is 17.4 Å². The van der Waals surface area contributed by atoms with Crippen LogP contribution in [-0.2, 0) is 23.1 Å². The predicted molar refractivity (Wildman–Crippen MR) is 116 cm³/mol. The number of carbonyl (C=O) groups excluding carboxylic acids is 1. The molecule has 1 aliphatic rings. The lowest BCUT2D eigenvalue weighted by Crippen LogP contribution is -2.27. The summed E-state index contributed by atoms with van der Waals surface area (Å²) in [6.07, 6.45) is 2.10. The molecule has 3 heterocycles. The van der Waals surface area contributed by atoms with Crippen molar-refractivity contribution in [3.05, 3.63) is 46.4 Å². The number of para-hydroxylation sites is 1. The van der Waals surface area contributed by atoms with Gasteiger partial charge in [-0.1, -0.05) is 30.0 Å². The van der Waals surface area contributed by atoms with Gasteiger partial charge in [0.2, 0.25) is 11.1 Å². The molecule has 0 saturated carbocycles. The highest BCUT2D eigenvalue weighted by Gasteiger charge is 2.24. The number of hydrogen-bond acceptors (Lipinski definition) is 7. The number of anilines is 1. The van der Waals surface area contributed by atoms with E-state index in [9.17, 15) is 9.59 Å². The highest BCUT2D eigenvalue weighted by Crippen LogP contribution is 2.23. The first kappa shape index (κ1) is 21.3. The molecule has 1 amide bonds. The largest absolute Gasteiger partial charge is 0.376 e. The van der Waals surface area contributed by atoms with Crippen molar-refractivity contribution in [2.45, 2.75) is 49.7 Å². The van der Waals surface area contributed by atoms with Crippen LogP contribution in [0.3, 0.4) is 0 Å². The zero-order valence-corrected chi connectivity index (χ0v) is 18.5. The van der Waals surface area contributed by atoms with Crippen LogP contribution in [0, 0.1) is 6.92 Å². The zero-order valence-electron chi connectivity index (χ0n) is 17.7. The van der Waals surface area contributed by atoms with Crippen LogP contribution < -0.4 is 10.9 Å². The Kier molecular flexibility index (Phi) is 6.23. The highest BCUT2D eigenvalue weighted by atomic mass is 32.2. The predicted octanol–water partition coefficient (Wildman–Crippen LogP) is 1.77. The summed E-state index contributed by atoms with van der Waals surface area (Å²) >= 11 is 1.25. The molecule has 0 bridgehead atoms. The molecule has 1 N–H and O–H groups in total. The van der Waals surface area contributed by atoms with Crippen molar-refractivity contribution in [1.82, 2.24) is 29.6 Å². The molecule has 11 heteroatoms. The summed E-state index contributed by atoms with van der Waals surface area (Å²) in [5.74, 6) is -0.289. The molecule has 2 aromatic heterocycles. The normalized spacial score (nSPS) is 17.1. The van der Waals surface area contributed by atoms with Crippen molar-refractivity contribution in [3.8, 4) is 5.69 Å². The van der Waals surface area contributed by atoms with Crippen LogP contribution in [0.5, 0.6) is 0 Å². The van der Waals surface area contributed by atoms with Gasteiger partial charge < -0.3 is 10.1 Å². The van der Waals surface area contributed by atoms with Crippen molar-refractivity contribution in [3.63, 3.8) is 0 Å². The third-order valence-corrected chi connectivity index (χ3v) is 6.42. The monoisotopic (exact) mass is 443 g/mol. The number of hydrogen-bond donors (Lipinski definition) is 1. The first-order valence-corrected chi connectivity index (χ1v) is 11.0. The molecule has 10 nitrogen and oxygen atoms in total. The number of amides is 1. The number of nitrogens with zero attached hydrogens (tertiary/aromatic N) is 6. The van der Waals surface area contributed by atoms with E-state index in [1.165, 1.54) is 16.4 Å². The number of ether oxygens (including phenoxy) is 1. The maximum absolute atomic E-state index is 13.0. The van der Waals surface area contributed by atoms with Crippen LogP contribution >= 0.6 is 11.8 Å². The fourth-order valence-electron chi connectivity index (χ4n) is 3.53. The summed E-state index contributed by atoms with van der Waals surface area (Å²) in [4.78, 5) is 25.9. The summed E-state index contributed by atoms with van der Waals surface area (Å²) < 4.78 is 10.6. The fourth-order valence-corrected chi connectivity index (χ4v) is 4.32. The molecule has 1 aromatic carbocycles. The van der Waals surface area contributed by atoms with Crippen LogP contribution in [0.4, 0.5) is 5.69 Å². The molecular formula is C20H25N7O3S. The molecule has 0 spiro atoms. The van der Waals surface area contributed by atoms with Gasteiger partial charge in [0, 0.05) is 13.7 Å². The third-order valence-electron chi connectivity index (χ3n) is 5.35. The van der Waals surface area contributed by atoms with Crippen LogP contribution in [0.1, 0.15) is 25.5 Å². The molecule has 4 rings (SSSR count). The summed E-state index contributed by atoms with van der Waals surface area (Å²) in [6.45, 7) is 4.88. The standard InChI is InChI=1S/C20H25N7O3S/c1-13-17(19(29)27(25(13)3)15-8-5-4-6-9-15)21-18(28)14(2)31-20-22-23-24-26(20)12-16-10-7-11-30-16/h4-6,8-9,14,16H,7,10-12H2,1-3H3,(H,21,28)/t14-,16-/m1/s1. The van der Waals surface area contributed by atoms with Gasteiger partial charge in [0.15, 0.2) is 0 Å². The van der Waals surface area contributed by atoms with Gasteiger partial charge in [-0.25, -0.2) is 9.36 Å². The number of benzene rings is 1. The molecule has 0 unspecified atom stereocenters. The number of carbonyl (C=O) groups is 1. The van der Waals surface area contributed by atoms with E-state index in [-0.39, 0.29) is 23.3 Å². The second kappa shape index (κ2) is 9.06. The van der Waals surface area contributed by atoms with Gasteiger partial charge in [-0.05, 0) is 49.2 Å². The van der Waals surface area contributed by atoms with Crippen LogP contribution in [-0.4, -0.2) is 53.4 Å². The number of tetrazole rings is 1. The lowest BCUT2D eigenvalue weighted by Gasteiger charge is -2.13. The Bertz CT molecular complexity index is 1120. The Balaban J connectivity index is 1.48. The summed E-state index contributed by atoms with van der Waals surface area (Å²) in [7, 11) is 1.79.